The van der Waals surface area contributed by atoms with Crippen LogP contribution in [0.5, 0.6) is 0 Å². The molecule has 0 nitrogen and oxygen atoms in total. The minimum absolute atomic E-state index is 0.0993. The molecular weight excluding hydrogens is 937 g/mol. The first-order valence-electron chi connectivity index (χ1n) is 29.0. The Morgan fingerprint density at radius 2 is 1.15 bits per heavy atom. The molecule has 1 aliphatic rings. The van der Waals surface area contributed by atoms with E-state index in [1.165, 1.54) is 106 Å². The Balaban J connectivity index is 0.000000802. The molecule has 6 aromatic rings. The van der Waals surface area contributed by atoms with E-state index >= 15 is 0 Å². The highest BCUT2D eigenvalue weighted by Gasteiger charge is 2.35. The van der Waals surface area contributed by atoms with E-state index in [2.05, 4.69) is 278 Å². The second kappa shape index (κ2) is 36.0. The molecule has 0 unspecified atom stereocenters. The van der Waals surface area contributed by atoms with Crippen LogP contribution in [0.25, 0.3) is 39.0 Å². The summed E-state index contributed by atoms with van der Waals surface area (Å²) in [4.78, 5) is 0. The van der Waals surface area contributed by atoms with E-state index in [1.54, 1.807) is 0 Å². The van der Waals surface area contributed by atoms with Crippen molar-refractivity contribution in [1.82, 2.24) is 0 Å². The topological polar surface area (TPSA) is 0 Å². The maximum atomic E-state index is 4.25. The largest absolute Gasteiger partial charge is 0.124 e. The Morgan fingerprint density at radius 1 is 0.590 bits per heavy atom. The van der Waals surface area contributed by atoms with Crippen LogP contribution in [-0.2, 0) is 18.3 Å². The molecule has 0 bridgehead atoms. The highest BCUT2D eigenvalue weighted by atomic mass is 14.4. The molecule has 0 spiro atoms. The summed E-state index contributed by atoms with van der Waals surface area (Å²) in [5, 5.41) is 0. The van der Waals surface area contributed by atoms with Gasteiger partial charge in [0, 0.05) is 5.41 Å². The van der Waals surface area contributed by atoms with E-state index in [4.69, 9.17) is 0 Å². The Kier molecular flexibility index (Phi) is 30.9. The van der Waals surface area contributed by atoms with Gasteiger partial charge in [-0.2, -0.15) is 0 Å². The Morgan fingerprint density at radius 3 is 1.74 bits per heavy atom. The predicted molar refractivity (Wildman–Crippen MR) is 354 cm³/mol. The third-order valence-corrected chi connectivity index (χ3v) is 14.0. The van der Waals surface area contributed by atoms with Crippen LogP contribution in [0.15, 0.2) is 217 Å². The highest BCUT2D eigenvalue weighted by molar-refractivity contribution is 5.86. The molecule has 0 fully saturated rings. The van der Waals surface area contributed by atoms with Crippen LogP contribution >= 0.6 is 0 Å². The van der Waals surface area contributed by atoms with Crippen molar-refractivity contribution in [2.75, 3.05) is 0 Å². The lowest BCUT2D eigenvalue weighted by Crippen LogP contribution is -2.15. The SMILES string of the molecule is C#C.C/C=C(\C=C/CC)c1ccc(C)cc1.C=C/C(=C\C=C(\C)C/C(C)=C(C)/C(=C(\C)CCC)c1ccccc1C/C=C\C)c1ccc2c(c1)C(C)(C)c1cc(Cc3ccc(-c4ccccc4)cc3)ccc1-2.CC.CC.CC. The third-order valence-electron chi connectivity index (χ3n) is 14.0. The van der Waals surface area contributed by atoms with Gasteiger partial charge in [0.05, 0.1) is 0 Å². The van der Waals surface area contributed by atoms with Crippen LogP contribution in [0.1, 0.15) is 187 Å². The zero-order valence-electron chi connectivity index (χ0n) is 51.5. The van der Waals surface area contributed by atoms with Crippen LogP contribution in [0.3, 0.4) is 0 Å². The van der Waals surface area contributed by atoms with Crippen LogP contribution in [0, 0.1) is 19.8 Å². The molecule has 410 valence electrons. The van der Waals surface area contributed by atoms with Gasteiger partial charge >= 0.3 is 0 Å². The maximum absolute atomic E-state index is 4.25. The summed E-state index contributed by atoms with van der Waals surface area (Å²) in [6.07, 6.45) is 31.6. The first kappa shape index (κ1) is 66.9. The molecule has 0 saturated heterocycles. The van der Waals surface area contributed by atoms with E-state index in [0.29, 0.717) is 0 Å². The predicted octanol–water partition coefficient (Wildman–Crippen LogP) is 23.6. The summed E-state index contributed by atoms with van der Waals surface area (Å²) in [5.74, 6) is 0. The summed E-state index contributed by atoms with van der Waals surface area (Å²) in [7, 11) is 0. The monoisotopic (exact) mass is 1030 g/mol. The highest BCUT2D eigenvalue weighted by Crippen LogP contribution is 2.50. The van der Waals surface area contributed by atoms with Gasteiger partial charge in [-0.25, -0.2) is 0 Å². The van der Waals surface area contributed by atoms with Crippen LogP contribution in [-0.4, -0.2) is 0 Å². The average Bonchev–Trinajstić information content (AvgIpc) is 3.93. The van der Waals surface area contributed by atoms with Crippen LogP contribution < -0.4 is 0 Å². The minimum atomic E-state index is -0.0993. The van der Waals surface area contributed by atoms with Gasteiger partial charge < -0.3 is 0 Å². The molecule has 7 rings (SSSR count). The van der Waals surface area contributed by atoms with Crippen LogP contribution in [0.2, 0.25) is 0 Å². The molecule has 0 saturated carbocycles. The molecule has 0 aliphatic heterocycles. The quantitative estimate of drug-likeness (QED) is 0.0485. The number of rotatable bonds is 17. The molecule has 0 N–H and O–H groups in total. The van der Waals surface area contributed by atoms with Gasteiger partial charge in [-0.05, 0) is 176 Å². The zero-order valence-corrected chi connectivity index (χ0v) is 51.5. The second-order valence-electron chi connectivity index (χ2n) is 19.7. The lowest BCUT2D eigenvalue weighted by atomic mass is 9.81. The first-order valence-corrected chi connectivity index (χ1v) is 29.0. The van der Waals surface area contributed by atoms with Crippen LogP contribution in [0.4, 0.5) is 0 Å². The molecule has 0 amide bonds. The lowest BCUT2D eigenvalue weighted by Gasteiger charge is -2.22. The van der Waals surface area contributed by atoms with Gasteiger partial charge in [0.1, 0.15) is 0 Å². The van der Waals surface area contributed by atoms with Crippen molar-refractivity contribution >= 4 is 16.7 Å². The Bertz CT molecular complexity index is 2990. The maximum Gasteiger partial charge on any atom is 0.0159 e. The number of allylic oxidation sites excluding steroid dienone is 15. The van der Waals surface area contributed by atoms with E-state index < -0.39 is 0 Å². The molecular formula is C78H98. The second-order valence-corrected chi connectivity index (χ2v) is 19.7. The smallest absolute Gasteiger partial charge is 0.0159 e. The van der Waals surface area contributed by atoms with Crippen molar-refractivity contribution in [2.24, 2.45) is 0 Å². The molecule has 0 aromatic heterocycles. The standard InChI is InChI=1S/C56H60.C14H18.3C2H6.C2H2/c1-10-13-20-48-23-17-18-24-50(48)55(40(5)19-11-2)42(7)41(6)35-39(4)25-29-45(12-3)49-32-34-52-51-33-28-44(37-53(51)56(8,9)54(52)38-49)36-43-26-30-47(31-27-43)46-21-15-14-16-22-46;1-4-6-7-13(5-2)14-10-8-12(3)9-11-14;4*1-2/h10,12-18,21-34,37-38H,3,11,19-20,35-36H2,1-2,4-9H3;5-11H,4H2,1-3H3;3*1-2H3;1-2H/b13-10-,39-25-,42-41+,45-29+,55-40-;7-6-,13-5+;;;;. The van der Waals surface area contributed by atoms with Crippen molar-refractivity contribution in [3.8, 4) is 35.1 Å². The van der Waals surface area contributed by atoms with Crippen molar-refractivity contribution < 1.29 is 0 Å². The van der Waals surface area contributed by atoms with Crippen molar-refractivity contribution in [3.63, 3.8) is 0 Å². The van der Waals surface area contributed by atoms with Gasteiger partial charge in [0.2, 0.25) is 0 Å². The molecule has 0 heterocycles. The summed E-state index contributed by atoms with van der Waals surface area (Å²) in [5.41, 5.74) is 26.7. The Labute approximate surface area is 478 Å². The third kappa shape index (κ3) is 18.8. The van der Waals surface area contributed by atoms with Gasteiger partial charge in [0.25, 0.3) is 0 Å². The van der Waals surface area contributed by atoms with Crippen molar-refractivity contribution in [2.45, 2.75) is 162 Å². The van der Waals surface area contributed by atoms with E-state index in [1.807, 2.05) is 47.6 Å². The van der Waals surface area contributed by atoms with Gasteiger partial charge in [-0.1, -0.05) is 287 Å². The lowest BCUT2D eigenvalue weighted by molar-refractivity contribution is 0.659. The summed E-state index contributed by atoms with van der Waals surface area (Å²) in [6, 6.07) is 51.4. The number of aryl methyl sites for hydroxylation is 1. The summed E-state index contributed by atoms with van der Waals surface area (Å²) in [6.45, 7) is 40.9. The number of benzene rings is 6. The normalized spacial score (nSPS) is 13.0. The number of hydrogen-bond acceptors (Lipinski definition) is 0. The molecule has 0 heteroatoms. The first-order chi connectivity index (χ1) is 37.8. The van der Waals surface area contributed by atoms with Gasteiger partial charge in [0.15, 0.2) is 0 Å². The van der Waals surface area contributed by atoms with E-state index in [9.17, 15) is 0 Å². The summed E-state index contributed by atoms with van der Waals surface area (Å²) < 4.78 is 0. The number of hydrogen-bond donors (Lipinski definition) is 0. The molecule has 0 atom stereocenters. The number of terminal acetylenes is 1. The summed E-state index contributed by atoms with van der Waals surface area (Å²) >= 11 is 0. The van der Waals surface area contributed by atoms with E-state index in [0.717, 1.165) is 44.1 Å². The minimum Gasteiger partial charge on any atom is -0.124 e. The zero-order chi connectivity index (χ0) is 58.2. The fourth-order valence-electron chi connectivity index (χ4n) is 9.88. The molecule has 1 aliphatic carbocycles. The molecule has 6 aromatic carbocycles. The molecule has 78 heavy (non-hydrogen) atoms. The number of fused-ring (bicyclic) bond motifs is 3. The fourth-order valence-corrected chi connectivity index (χ4v) is 9.88. The average molecular weight is 1040 g/mol. The van der Waals surface area contributed by atoms with E-state index in [-0.39, 0.29) is 5.41 Å². The van der Waals surface area contributed by atoms with Gasteiger partial charge in [-0.3, -0.25) is 0 Å². The van der Waals surface area contributed by atoms with Crippen molar-refractivity contribution in [3.05, 3.63) is 267 Å². The molecule has 0 radical (unpaired) electrons. The fraction of sp³-hybridized carbons (Fsp3) is 0.308. The van der Waals surface area contributed by atoms with Crippen molar-refractivity contribution in [1.29, 1.82) is 0 Å². The van der Waals surface area contributed by atoms with Gasteiger partial charge in [-0.15, -0.1) is 12.8 Å². The Hall–Kier alpha value is -7.20.